The van der Waals surface area contributed by atoms with E-state index in [9.17, 15) is 4.79 Å². The molecule has 2 saturated carbocycles. The van der Waals surface area contributed by atoms with Gasteiger partial charge in [-0.1, -0.05) is 6.92 Å². The number of hydrogen-bond acceptors (Lipinski definition) is 2. The average Bonchev–Trinajstić information content (AvgIpc) is 2.46. The van der Waals surface area contributed by atoms with Crippen molar-refractivity contribution in [1.82, 2.24) is 0 Å². The predicted molar refractivity (Wildman–Crippen MR) is 43.7 cm³/mol. The molecule has 2 unspecified atom stereocenters. The third-order valence-electron chi connectivity index (χ3n) is 4.14. The molecule has 2 nitrogen and oxygen atoms in total. The number of carbonyl (C=O) groups excluding carboxylic acids is 1. The third-order valence-corrected chi connectivity index (χ3v) is 4.14. The van der Waals surface area contributed by atoms with Crippen molar-refractivity contribution in [3.63, 3.8) is 0 Å². The second kappa shape index (κ2) is 1.77. The Morgan fingerprint density at radius 3 is 2.92 bits per heavy atom. The van der Waals surface area contributed by atoms with Gasteiger partial charge < -0.3 is 4.74 Å². The molecule has 0 aromatic heterocycles. The molecule has 0 N–H and O–H groups in total. The number of carbonyl (C=O) groups is 1. The van der Waals surface area contributed by atoms with E-state index in [-0.39, 0.29) is 11.7 Å². The number of Topliss-reactive ketones (excluding diaryl/α,β-unsaturated/α-hetero) is 1. The number of hydrogen-bond donors (Lipinski definition) is 0. The molecule has 5 atom stereocenters. The predicted octanol–water partition coefficient (Wildman–Crippen LogP) is 1.39. The Kier molecular flexibility index (Phi) is 1.04. The summed E-state index contributed by atoms with van der Waals surface area (Å²) in [4.78, 5) is 11.7. The van der Waals surface area contributed by atoms with Gasteiger partial charge in [0.1, 0.15) is 11.7 Å². The first-order chi connectivity index (χ1) is 5.64. The zero-order chi connectivity index (χ0) is 8.51. The van der Waals surface area contributed by atoms with Gasteiger partial charge in [0.05, 0.1) is 0 Å². The molecule has 0 bridgehead atoms. The minimum atomic E-state index is -0.0352. The lowest BCUT2D eigenvalue weighted by Gasteiger charge is -2.17. The first-order valence-corrected chi connectivity index (χ1v) is 4.86. The highest BCUT2D eigenvalue weighted by atomic mass is 16.6. The van der Waals surface area contributed by atoms with E-state index in [1.165, 1.54) is 12.8 Å². The Balaban J connectivity index is 2.00. The molecule has 3 aliphatic rings. The summed E-state index contributed by atoms with van der Waals surface area (Å²) < 4.78 is 5.47. The maximum absolute atomic E-state index is 11.7. The van der Waals surface area contributed by atoms with Crippen LogP contribution in [0.4, 0.5) is 0 Å². The van der Waals surface area contributed by atoms with Crippen molar-refractivity contribution in [1.29, 1.82) is 0 Å². The molecule has 1 saturated heterocycles. The standard InChI is InChI=1S/C10H14O2/c1-5-3-4-6-7(5)8(11)9-10(6,2)12-9/h5-7,9H,3-4H2,1-2H3/t5-,6-,7+,9?,10?/m1/s1. The van der Waals surface area contributed by atoms with Gasteiger partial charge in [0, 0.05) is 11.8 Å². The summed E-state index contributed by atoms with van der Waals surface area (Å²) in [6.07, 6.45) is 2.40. The van der Waals surface area contributed by atoms with Gasteiger partial charge >= 0.3 is 0 Å². The summed E-state index contributed by atoms with van der Waals surface area (Å²) >= 11 is 0. The lowest BCUT2D eigenvalue weighted by atomic mass is 9.89. The molecule has 0 radical (unpaired) electrons. The van der Waals surface area contributed by atoms with Crippen LogP contribution < -0.4 is 0 Å². The topological polar surface area (TPSA) is 29.6 Å². The lowest BCUT2D eigenvalue weighted by molar-refractivity contribution is -0.125. The first-order valence-electron chi connectivity index (χ1n) is 4.86. The van der Waals surface area contributed by atoms with Gasteiger partial charge in [0.25, 0.3) is 0 Å². The maximum Gasteiger partial charge on any atom is 0.168 e. The van der Waals surface area contributed by atoms with Crippen LogP contribution in [0.3, 0.4) is 0 Å². The van der Waals surface area contributed by atoms with E-state index in [1.54, 1.807) is 0 Å². The van der Waals surface area contributed by atoms with E-state index in [0.717, 1.165) is 0 Å². The highest BCUT2D eigenvalue weighted by Gasteiger charge is 2.72. The van der Waals surface area contributed by atoms with Crippen LogP contribution in [0.5, 0.6) is 0 Å². The van der Waals surface area contributed by atoms with Crippen molar-refractivity contribution in [3.05, 3.63) is 0 Å². The van der Waals surface area contributed by atoms with Crippen molar-refractivity contribution in [2.75, 3.05) is 0 Å². The fourth-order valence-corrected chi connectivity index (χ4v) is 3.34. The normalized spacial score (nSPS) is 61.7. The Hall–Kier alpha value is -0.370. The second-order valence-electron chi connectivity index (χ2n) is 4.77. The van der Waals surface area contributed by atoms with Gasteiger partial charge in [-0.25, -0.2) is 0 Å². The summed E-state index contributed by atoms with van der Waals surface area (Å²) in [5.41, 5.74) is -0.0352. The molecule has 1 heterocycles. The van der Waals surface area contributed by atoms with E-state index in [0.29, 0.717) is 23.5 Å². The van der Waals surface area contributed by atoms with Gasteiger partial charge in [-0.3, -0.25) is 4.79 Å². The van der Waals surface area contributed by atoms with Crippen molar-refractivity contribution in [3.8, 4) is 0 Å². The van der Waals surface area contributed by atoms with Crippen molar-refractivity contribution < 1.29 is 9.53 Å². The number of ether oxygens (including phenoxy) is 1. The van der Waals surface area contributed by atoms with Gasteiger partial charge in [-0.15, -0.1) is 0 Å². The Labute approximate surface area is 72.3 Å². The molecule has 2 aliphatic carbocycles. The van der Waals surface area contributed by atoms with Crippen LogP contribution in [0, 0.1) is 17.8 Å². The van der Waals surface area contributed by atoms with Crippen LogP contribution in [-0.4, -0.2) is 17.5 Å². The van der Waals surface area contributed by atoms with E-state index in [2.05, 4.69) is 13.8 Å². The van der Waals surface area contributed by atoms with Crippen LogP contribution in [0.2, 0.25) is 0 Å². The minimum Gasteiger partial charge on any atom is -0.358 e. The van der Waals surface area contributed by atoms with Gasteiger partial charge in [0.15, 0.2) is 5.78 Å². The second-order valence-corrected chi connectivity index (χ2v) is 4.77. The Morgan fingerprint density at radius 1 is 1.50 bits per heavy atom. The molecule has 0 amide bonds. The largest absolute Gasteiger partial charge is 0.358 e. The lowest BCUT2D eigenvalue weighted by Crippen LogP contribution is -2.23. The molecule has 1 aliphatic heterocycles. The quantitative estimate of drug-likeness (QED) is 0.509. The van der Waals surface area contributed by atoms with Crippen molar-refractivity contribution >= 4 is 5.78 Å². The molecule has 2 heteroatoms. The smallest absolute Gasteiger partial charge is 0.168 e. The van der Waals surface area contributed by atoms with E-state index < -0.39 is 0 Å². The average molecular weight is 166 g/mol. The number of ketones is 1. The third kappa shape index (κ3) is 0.565. The molecule has 3 rings (SSSR count). The monoisotopic (exact) mass is 166 g/mol. The summed E-state index contributed by atoms with van der Waals surface area (Å²) in [5, 5.41) is 0. The Bertz CT molecular complexity index is 261. The fraction of sp³-hybridized carbons (Fsp3) is 0.900. The summed E-state index contributed by atoms with van der Waals surface area (Å²) in [7, 11) is 0. The summed E-state index contributed by atoms with van der Waals surface area (Å²) in [6, 6.07) is 0. The maximum atomic E-state index is 11.7. The van der Waals surface area contributed by atoms with Gasteiger partial charge in [-0.05, 0) is 25.7 Å². The molecule has 0 aromatic carbocycles. The molecule has 3 fully saturated rings. The van der Waals surface area contributed by atoms with Gasteiger partial charge in [-0.2, -0.15) is 0 Å². The Morgan fingerprint density at radius 2 is 2.25 bits per heavy atom. The first kappa shape index (κ1) is 7.07. The molecule has 12 heavy (non-hydrogen) atoms. The van der Waals surface area contributed by atoms with Crippen LogP contribution >= 0.6 is 0 Å². The number of rotatable bonds is 0. The highest BCUT2D eigenvalue weighted by molar-refractivity contribution is 5.93. The van der Waals surface area contributed by atoms with Crippen LogP contribution in [0.1, 0.15) is 26.7 Å². The summed E-state index contributed by atoms with van der Waals surface area (Å²) in [5.74, 6) is 1.89. The van der Waals surface area contributed by atoms with E-state index >= 15 is 0 Å². The van der Waals surface area contributed by atoms with Crippen molar-refractivity contribution in [2.24, 2.45) is 17.8 Å². The molecule has 66 valence electrons. The zero-order valence-corrected chi connectivity index (χ0v) is 7.54. The van der Waals surface area contributed by atoms with Crippen molar-refractivity contribution in [2.45, 2.75) is 38.4 Å². The zero-order valence-electron chi connectivity index (χ0n) is 7.54. The van der Waals surface area contributed by atoms with Gasteiger partial charge in [0.2, 0.25) is 0 Å². The minimum absolute atomic E-state index is 0.0183. The van der Waals surface area contributed by atoms with E-state index in [4.69, 9.17) is 4.74 Å². The molecule has 0 spiro atoms. The van der Waals surface area contributed by atoms with Crippen LogP contribution in [0.25, 0.3) is 0 Å². The number of fused-ring (bicyclic) bond motifs is 3. The molecular formula is C10H14O2. The fourth-order valence-electron chi connectivity index (χ4n) is 3.34. The SMILES string of the molecule is C[C@@H]1CC[C@@H]2[C@H]1C(=O)C1OC12C. The molecular weight excluding hydrogens is 152 g/mol. The van der Waals surface area contributed by atoms with Crippen LogP contribution in [-0.2, 0) is 9.53 Å². The van der Waals surface area contributed by atoms with E-state index in [1.807, 2.05) is 0 Å². The molecule has 0 aromatic rings. The highest BCUT2D eigenvalue weighted by Crippen LogP contribution is 2.61. The number of epoxide rings is 1. The van der Waals surface area contributed by atoms with Crippen LogP contribution in [0.15, 0.2) is 0 Å². The summed E-state index contributed by atoms with van der Waals surface area (Å²) in [6.45, 7) is 4.31.